The van der Waals surface area contributed by atoms with Crippen LogP contribution in [0.3, 0.4) is 0 Å². The van der Waals surface area contributed by atoms with Gasteiger partial charge in [0.05, 0.1) is 7.11 Å². The smallest absolute Gasteiger partial charge is 0.177 e. The molecule has 0 radical (unpaired) electrons. The average Bonchev–Trinajstić information content (AvgIpc) is 2.90. The molecule has 4 nitrogen and oxygen atoms in total. The fourth-order valence-electron chi connectivity index (χ4n) is 2.78. The summed E-state index contributed by atoms with van der Waals surface area (Å²) in [5.41, 5.74) is 5.34. The Labute approximate surface area is 129 Å². The number of phenols is 1. The van der Waals surface area contributed by atoms with Gasteiger partial charge in [0.2, 0.25) is 0 Å². The van der Waals surface area contributed by atoms with Gasteiger partial charge in [0.15, 0.2) is 11.5 Å². The summed E-state index contributed by atoms with van der Waals surface area (Å²) in [5, 5.41) is 11.2. The average molecular weight is 297 g/mol. The lowest BCUT2D eigenvalue weighted by Crippen LogP contribution is -1.90. The van der Waals surface area contributed by atoms with Gasteiger partial charge in [0, 0.05) is 17.5 Å². The van der Waals surface area contributed by atoms with E-state index in [0.29, 0.717) is 22.5 Å². The summed E-state index contributed by atoms with van der Waals surface area (Å²) in [6.45, 7) is 7.80. The van der Waals surface area contributed by atoms with E-state index in [4.69, 9.17) is 9.15 Å². The fraction of sp³-hybridized carbons (Fsp3) is 0.278. The van der Waals surface area contributed by atoms with Gasteiger partial charge in [-0.25, -0.2) is 0 Å². The summed E-state index contributed by atoms with van der Waals surface area (Å²) in [4.78, 5) is 4.21. The Kier molecular flexibility index (Phi) is 3.32. The first-order valence-electron chi connectivity index (χ1n) is 7.18. The fourth-order valence-corrected chi connectivity index (χ4v) is 2.78. The van der Waals surface area contributed by atoms with Crippen molar-refractivity contribution in [2.24, 2.45) is 0 Å². The Morgan fingerprint density at radius 1 is 1.09 bits per heavy atom. The van der Waals surface area contributed by atoms with E-state index in [-0.39, 0.29) is 5.75 Å². The molecule has 0 bridgehead atoms. The molecule has 0 amide bonds. The molecule has 22 heavy (non-hydrogen) atoms. The maximum atomic E-state index is 10.5. The van der Waals surface area contributed by atoms with E-state index in [9.17, 15) is 5.11 Å². The van der Waals surface area contributed by atoms with E-state index in [1.165, 1.54) is 0 Å². The van der Waals surface area contributed by atoms with Crippen LogP contribution in [0.5, 0.6) is 11.5 Å². The number of pyridine rings is 1. The van der Waals surface area contributed by atoms with Gasteiger partial charge in [-0.2, -0.15) is 0 Å². The van der Waals surface area contributed by atoms with Crippen LogP contribution >= 0.6 is 0 Å². The van der Waals surface area contributed by atoms with Crippen molar-refractivity contribution in [3.05, 3.63) is 40.7 Å². The summed E-state index contributed by atoms with van der Waals surface area (Å²) in [6, 6.07) is 3.81. The molecule has 0 saturated heterocycles. The minimum atomic E-state index is 0.218. The second-order valence-corrected chi connectivity index (χ2v) is 5.58. The highest BCUT2D eigenvalue weighted by atomic mass is 16.5. The third kappa shape index (κ3) is 1.95. The first-order valence-corrected chi connectivity index (χ1v) is 7.18. The molecular formula is C18H19NO3. The molecule has 3 aromatic rings. The van der Waals surface area contributed by atoms with E-state index in [1.54, 1.807) is 13.3 Å². The number of aryl methyl sites for hydroxylation is 2. The van der Waals surface area contributed by atoms with Gasteiger partial charge in [0.1, 0.15) is 16.7 Å². The number of aromatic hydroxyl groups is 1. The number of fused-ring (bicyclic) bond motifs is 1. The van der Waals surface area contributed by atoms with E-state index >= 15 is 0 Å². The van der Waals surface area contributed by atoms with Crippen molar-refractivity contribution in [2.75, 3.05) is 7.11 Å². The topological polar surface area (TPSA) is 55.5 Å². The number of ether oxygens (including phenoxy) is 1. The Morgan fingerprint density at radius 2 is 1.82 bits per heavy atom. The second-order valence-electron chi connectivity index (χ2n) is 5.58. The van der Waals surface area contributed by atoms with Crippen molar-refractivity contribution in [3.8, 4) is 22.8 Å². The van der Waals surface area contributed by atoms with Crippen LogP contribution in [-0.2, 0) is 0 Å². The highest BCUT2D eigenvalue weighted by Gasteiger charge is 2.24. The Balaban J connectivity index is 2.43. The number of aromatic nitrogens is 1. The van der Waals surface area contributed by atoms with Gasteiger partial charge in [-0.05, 0) is 56.5 Å². The van der Waals surface area contributed by atoms with Crippen LogP contribution < -0.4 is 4.74 Å². The van der Waals surface area contributed by atoms with Gasteiger partial charge in [-0.15, -0.1) is 0 Å². The number of hydrogen-bond donors (Lipinski definition) is 1. The summed E-state index contributed by atoms with van der Waals surface area (Å²) < 4.78 is 11.6. The van der Waals surface area contributed by atoms with Gasteiger partial charge in [-0.3, -0.25) is 4.98 Å². The molecule has 0 spiro atoms. The minimum Gasteiger partial charge on any atom is -0.507 e. The van der Waals surface area contributed by atoms with Crippen molar-refractivity contribution in [1.29, 1.82) is 0 Å². The van der Waals surface area contributed by atoms with E-state index in [0.717, 1.165) is 27.9 Å². The number of rotatable bonds is 2. The molecule has 0 saturated carbocycles. The number of hydrogen-bond acceptors (Lipinski definition) is 4. The summed E-state index contributed by atoms with van der Waals surface area (Å²) in [5.74, 6) is 1.39. The van der Waals surface area contributed by atoms with Gasteiger partial charge in [0.25, 0.3) is 0 Å². The Morgan fingerprint density at radius 3 is 2.45 bits per heavy atom. The predicted octanol–water partition coefficient (Wildman–Crippen LogP) is 4.44. The zero-order valence-corrected chi connectivity index (χ0v) is 13.4. The first kappa shape index (κ1) is 14.4. The minimum absolute atomic E-state index is 0.218. The van der Waals surface area contributed by atoms with E-state index < -0.39 is 0 Å². The molecule has 0 aliphatic rings. The number of nitrogens with zero attached hydrogens (tertiary/aromatic N) is 1. The highest BCUT2D eigenvalue weighted by molar-refractivity contribution is 5.99. The molecule has 0 fully saturated rings. The standard InChI is InChI=1S/C18H19NO3/c1-9-8-13(6-7-19-9)17-18(21-5)14-15(20)11(3)10(2)12(4)16(14)22-17/h6-8,20H,1-5H3. The molecule has 1 N–H and O–H groups in total. The lowest BCUT2D eigenvalue weighted by atomic mass is 9.99. The molecular weight excluding hydrogens is 278 g/mol. The Bertz CT molecular complexity index is 878. The summed E-state index contributed by atoms with van der Waals surface area (Å²) >= 11 is 0. The normalized spacial score (nSPS) is 11.1. The van der Waals surface area contributed by atoms with Crippen LogP contribution in [0.2, 0.25) is 0 Å². The van der Waals surface area contributed by atoms with Crippen molar-refractivity contribution < 1.29 is 14.3 Å². The van der Waals surface area contributed by atoms with Crippen LogP contribution in [0, 0.1) is 27.7 Å². The SMILES string of the molecule is COc1c(-c2ccnc(C)c2)oc2c(C)c(C)c(C)c(O)c12. The van der Waals surface area contributed by atoms with Gasteiger partial charge >= 0.3 is 0 Å². The van der Waals surface area contributed by atoms with Crippen LogP contribution in [0.4, 0.5) is 0 Å². The Hall–Kier alpha value is -2.49. The highest BCUT2D eigenvalue weighted by Crippen LogP contribution is 2.47. The molecule has 3 rings (SSSR count). The number of benzene rings is 1. The van der Waals surface area contributed by atoms with Crippen LogP contribution in [-0.4, -0.2) is 17.2 Å². The van der Waals surface area contributed by atoms with Crippen LogP contribution in [0.15, 0.2) is 22.7 Å². The zero-order valence-electron chi connectivity index (χ0n) is 13.4. The monoisotopic (exact) mass is 297 g/mol. The second kappa shape index (κ2) is 5.05. The van der Waals surface area contributed by atoms with Crippen molar-refractivity contribution in [2.45, 2.75) is 27.7 Å². The maximum Gasteiger partial charge on any atom is 0.177 e. The zero-order chi connectivity index (χ0) is 16.0. The van der Waals surface area contributed by atoms with Crippen molar-refractivity contribution in [3.63, 3.8) is 0 Å². The number of methoxy groups -OCH3 is 1. The molecule has 4 heteroatoms. The van der Waals surface area contributed by atoms with Crippen LogP contribution in [0.25, 0.3) is 22.3 Å². The first-order chi connectivity index (χ1) is 10.5. The molecule has 0 aliphatic carbocycles. The van der Waals surface area contributed by atoms with Crippen molar-refractivity contribution >= 4 is 11.0 Å². The van der Waals surface area contributed by atoms with E-state index in [1.807, 2.05) is 39.8 Å². The number of phenolic OH excluding ortho intramolecular Hbond substituents is 1. The molecule has 0 aliphatic heterocycles. The van der Waals surface area contributed by atoms with Gasteiger partial charge < -0.3 is 14.3 Å². The molecule has 0 atom stereocenters. The third-order valence-corrected chi connectivity index (χ3v) is 4.29. The van der Waals surface area contributed by atoms with E-state index in [2.05, 4.69) is 4.98 Å². The molecule has 2 aromatic heterocycles. The lowest BCUT2D eigenvalue weighted by molar-refractivity contribution is 0.411. The molecule has 114 valence electrons. The largest absolute Gasteiger partial charge is 0.507 e. The third-order valence-electron chi connectivity index (χ3n) is 4.29. The number of furan rings is 1. The van der Waals surface area contributed by atoms with Crippen LogP contribution in [0.1, 0.15) is 22.4 Å². The van der Waals surface area contributed by atoms with Crippen molar-refractivity contribution in [1.82, 2.24) is 4.98 Å². The molecule has 2 heterocycles. The molecule has 1 aromatic carbocycles. The predicted molar refractivity (Wildman–Crippen MR) is 86.6 cm³/mol. The summed E-state index contributed by atoms with van der Waals surface area (Å²) in [7, 11) is 1.59. The maximum absolute atomic E-state index is 10.5. The summed E-state index contributed by atoms with van der Waals surface area (Å²) in [6.07, 6.45) is 1.74. The lowest BCUT2D eigenvalue weighted by Gasteiger charge is -2.09. The molecule has 0 unspecified atom stereocenters. The van der Waals surface area contributed by atoms with Gasteiger partial charge in [-0.1, -0.05) is 0 Å². The quantitative estimate of drug-likeness (QED) is 0.759.